The number of pyridine rings is 1. The van der Waals surface area contributed by atoms with E-state index in [1.807, 2.05) is 0 Å². The molecule has 0 radical (unpaired) electrons. The van der Waals surface area contributed by atoms with E-state index in [2.05, 4.69) is 0 Å². The summed E-state index contributed by atoms with van der Waals surface area (Å²) in [5, 5.41) is 11.0. The molecule has 3 nitrogen and oxygen atoms in total. The van der Waals surface area contributed by atoms with Crippen molar-refractivity contribution in [3.05, 3.63) is 82.4 Å². The van der Waals surface area contributed by atoms with Crippen molar-refractivity contribution >= 4 is 10.9 Å². The minimum atomic E-state index is -4.97. The SMILES string of the molecule is CC(C)(CC(O)(Cn1ccc(=O)c2ccccc21)C(F)(F)F)c1ccccc1F. The maximum Gasteiger partial charge on any atom is 0.418 e. The molecule has 1 atom stereocenters. The predicted octanol–water partition coefficient (Wildman–Crippen LogP) is 4.80. The monoisotopic (exact) mass is 407 g/mol. The van der Waals surface area contributed by atoms with Gasteiger partial charge in [-0.3, -0.25) is 4.79 Å². The van der Waals surface area contributed by atoms with Gasteiger partial charge >= 0.3 is 6.18 Å². The molecule has 0 aliphatic rings. The third-order valence-electron chi connectivity index (χ3n) is 5.18. The first-order valence-electron chi connectivity index (χ1n) is 9.07. The van der Waals surface area contributed by atoms with Crippen LogP contribution in [0.25, 0.3) is 10.9 Å². The molecule has 2 aromatic carbocycles. The molecule has 0 amide bonds. The second-order valence-corrected chi connectivity index (χ2v) is 7.89. The van der Waals surface area contributed by atoms with Crippen LogP contribution >= 0.6 is 0 Å². The molecular formula is C22H21F4NO2. The van der Waals surface area contributed by atoms with Gasteiger partial charge in [-0.1, -0.05) is 44.2 Å². The van der Waals surface area contributed by atoms with E-state index in [1.165, 1.54) is 61.0 Å². The van der Waals surface area contributed by atoms with Crippen LogP contribution in [0.3, 0.4) is 0 Å². The molecule has 3 aromatic rings. The lowest BCUT2D eigenvalue weighted by Crippen LogP contribution is -2.52. The topological polar surface area (TPSA) is 42.2 Å². The lowest BCUT2D eigenvalue weighted by atomic mass is 9.74. The average Bonchev–Trinajstić information content (AvgIpc) is 2.63. The minimum absolute atomic E-state index is 0.0902. The molecular weight excluding hydrogens is 386 g/mol. The van der Waals surface area contributed by atoms with Gasteiger partial charge in [0.25, 0.3) is 0 Å². The van der Waals surface area contributed by atoms with Gasteiger partial charge in [0.05, 0.1) is 12.1 Å². The Morgan fingerprint density at radius 2 is 1.59 bits per heavy atom. The Morgan fingerprint density at radius 1 is 0.966 bits per heavy atom. The number of nitrogens with zero attached hydrogens (tertiary/aromatic N) is 1. The maximum atomic E-state index is 14.2. The molecule has 1 unspecified atom stereocenters. The molecule has 0 saturated heterocycles. The second kappa shape index (κ2) is 7.30. The fourth-order valence-corrected chi connectivity index (χ4v) is 3.76. The standard InChI is InChI=1S/C22H21F4NO2/c1-20(2,16-8-4-5-9-17(16)23)13-21(29,22(24,25)26)14-27-12-11-19(28)15-7-3-6-10-18(15)27/h3-12,29H,13-14H2,1-2H3. The Bertz CT molecular complexity index is 1090. The summed E-state index contributed by atoms with van der Waals surface area (Å²) in [5.74, 6) is -0.629. The van der Waals surface area contributed by atoms with E-state index in [0.29, 0.717) is 0 Å². The molecule has 0 saturated carbocycles. The van der Waals surface area contributed by atoms with Gasteiger partial charge in [-0.25, -0.2) is 4.39 Å². The zero-order valence-electron chi connectivity index (χ0n) is 16.0. The normalized spacial score (nSPS) is 14.7. The number of rotatable bonds is 5. The zero-order valence-corrected chi connectivity index (χ0v) is 16.0. The van der Waals surface area contributed by atoms with Crippen molar-refractivity contribution in [1.82, 2.24) is 4.57 Å². The molecule has 0 aliphatic heterocycles. The summed E-state index contributed by atoms with van der Waals surface area (Å²) in [6, 6.07) is 13.0. The van der Waals surface area contributed by atoms with E-state index in [1.54, 1.807) is 18.2 Å². The third-order valence-corrected chi connectivity index (χ3v) is 5.18. The van der Waals surface area contributed by atoms with Crippen LogP contribution in [-0.4, -0.2) is 21.5 Å². The summed E-state index contributed by atoms with van der Waals surface area (Å²) in [6.07, 6.45) is -4.50. The summed E-state index contributed by atoms with van der Waals surface area (Å²) < 4.78 is 57.4. The number of fused-ring (bicyclic) bond motifs is 1. The second-order valence-electron chi connectivity index (χ2n) is 7.89. The molecule has 0 spiro atoms. The highest BCUT2D eigenvalue weighted by atomic mass is 19.4. The summed E-state index contributed by atoms with van der Waals surface area (Å²) >= 11 is 0. The molecule has 0 fully saturated rings. The quantitative estimate of drug-likeness (QED) is 0.618. The Labute approximate surface area is 165 Å². The zero-order chi connectivity index (χ0) is 21.4. The van der Waals surface area contributed by atoms with Crippen LogP contribution < -0.4 is 5.43 Å². The van der Waals surface area contributed by atoms with Crippen molar-refractivity contribution in [3.63, 3.8) is 0 Å². The van der Waals surface area contributed by atoms with Crippen molar-refractivity contribution in [2.45, 2.75) is 44.0 Å². The lowest BCUT2D eigenvalue weighted by molar-refractivity contribution is -0.271. The first-order chi connectivity index (χ1) is 13.4. The van der Waals surface area contributed by atoms with E-state index < -0.39 is 36.0 Å². The largest absolute Gasteiger partial charge is 0.418 e. The summed E-state index contributed by atoms with van der Waals surface area (Å²) in [4.78, 5) is 12.0. The number of aromatic nitrogens is 1. The summed E-state index contributed by atoms with van der Waals surface area (Å²) in [6.45, 7) is 2.10. The van der Waals surface area contributed by atoms with Gasteiger partial charge in [-0.2, -0.15) is 13.2 Å². The van der Waals surface area contributed by atoms with Crippen LogP contribution in [0.5, 0.6) is 0 Å². The summed E-state index contributed by atoms with van der Waals surface area (Å²) in [7, 11) is 0. The van der Waals surface area contributed by atoms with E-state index >= 15 is 0 Å². The molecule has 0 bridgehead atoms. The van der Waals surface area contributed by atoms with Crippen molar-refractivity contribution in [2.75, 3.05) is 0 Å². The van der Waals surface area contributed by atoms with Crippen LogP contribution in [0.15, 0.2) is 65.6 Å². The molecule has 1 N–H and O–H groups in total. The van der Waals surface area contributed by atoms with E-state index in [0.717, 1.165) is 0 Å². The highest BCUT2D eigenvalue weighted by Gasteiger charge is 2.56. The number of hydrogen-bond donors (Lipinski definition) is 1. The molecule has 29 heavy (non-hydrogen) atoms. The fraction of sp³-hybridized carbons (Fsp3) is 0.318. The van der Waals surface area contributed by atoms with Crippen molar-refractivity contribution in [1.29, 1.82) is 0 Å². The number of hydrogen-bond acceptors (Lipinski definition) is 2. The highest BCUT2D eigenvalue weighted by Crippen LogP contribution is 2.42. The number of benzene rings is 2. The molecule has 154 valence electrons. The van der Waals surface area contributed by atoms with Gasteiger partial charge in [-0.15, -0.1) is 0 Å². The Morgan fingerprint density at radius 3 is 2.24 bits per heavy atom. The molecule has 3 rings (SSSR count). The van der Waals surface area contributed by atoms with Gasteiger partial charge < -0.3 is 9.67 Å². The molecule has 7 heteroatoms. The minimum Gasteiger partial charge on any atom is -0.379 e. The smallest absolute Gasteiger partial charge is 0.379 e. The van der Waals surface area contributed by atoms with Gasteiger partial charge in [0.1, 0.15) is 5.82 Å². The number of para-hydroxylation sites is 1. The van der Waals surface area contributed by atoms with Gasteiger partial charge in [0.2, 0.25) is 0 Å². The summed E-state index contributed by atoms with van der Waals surface area (Å²) in [5.41, 5.74) is -4.39. The number of halogens is 4. The molecule has 1 aromatic heterocycles. The fourth-order valence-electron chi connectivity index (χ4n) is 3.76. The van der Waals surface area contributed by atoms with Gasteiger partial charge in [0, 0.05) is 17.6 Å². The van der Waals surface area contributed by atoms with Crippen LogP contribution in [0.1, 0.15) is 25.8 Å². The van der Waals surface area contributed by atoms with Crippen LogP contribution in [0.4, 0.5) is 17.6 Å². The van der Waals surface area contributed by atoms with Crippen molar-refractivity contribution in [3.8, 4) is 0 Å². The third kappa shape index (κ3) is 4.05. The van der Waals surface area contributed by atoms with Crippen LogP contribution in [-0.2, 0) is 12.0 Å². The molecule has 1 heterocycles. The van der Waals surface area contributed by atoms with Gasteiger partial charge in [0.15, 0.2) is 11.0 Å². The Hall–Kier alpha value is -2.67. The van der Waals surface area contributed by atoms with Crippen molar-refractivity contribution in [2.24, 2.45) is 0 Å². The molecule has 0 aliphatic carbocycles. The maximum absolute atomic E-state index is 14.2. The number of alkyl halides is 3. The predicted molar refractivity (Wildman–Crippen MR) is 103 cm³/mol. The first kappa shape index (κ1) is 21.0. The Kier molecular flexibility index (Phi) is 5.30. The van der Waals surface area contributed by atoms with E-state index in [9.17, 15) is 27.5 Å². The van der Waals surface area contributed by atoms with E-state index in [4.69, 9.17) is 0 Å². The van der Waals surface area contributed by atoms with Crippen molar-refractivity contribution < 1.29 is 22.7 Å². The van der Waals surface area contributed by atoms with Crippen LogP contribution in [0, 0.1) is 5.82 Å². The van der Waals surface area contributed by atoms with Gasteiger partial charge in [-0.05, 0) is 35.6 Å². The van der Waals surface area contributed by atoms with E-state index in [-0.39, 0.29) is 21.9 Å². The first-order valence-corrected chi connectivity index (χ1v) is 9.07. The van der Waals surface area contributed by atoms with Crippen LogP contribution in [0.2, 0.25) is 0 Å². The average molecular weight is 407 g/mol. The highest BCUT2D eigenvalue weighted by molar-refractivity contribution is 5.78. The lowest BCUT2D eigenvalue weighted by Gasteiger charge is -2.38. The number of aliphatic hydroxyl groups is 1. The Balaban J connectivity index is 2.06.